The molecule has 0 fully saturated rings. The summed E-state index contributed by atoms with van der Waals surface area (Å²) in [6.07, 6.45) is 6.75. The van der Waals surface area contributed by atoms with Gasteiger partial charge in [0.15, 0.2) is 12.2 Å². The first-order chi connectivity index (χ1) is 10.9. The molecule has 4 aromatic rings. The number of fused-ring (bicyclic) bond motifs is 1. The summed E-state index contributed by atoms with van der Waals surface area (Å²) in [5, 5.41) is 1.04. The number of aromatic amines is 1. The fourth-order valence-corrected chi connectivity index (χ4v) is 2.29. The summed E-state index contributed by atoms with van der Waals surface area (Å²) in [6.45, 7) is 0. The number of pyridine rings is 1. The second-order valence-corrected chi connectivity index (χ2v) is 4.79. The van der Waals surface area contributed by atoms with Crippen molar-refractivity contribution in [1.29, 1.82) is 0 Å². The molecule has 1 aromatic carbocycles. The Hall–Kier alpha value is -3.32. The van der Waals surface area contributed by atoms with E-state index >= 15 is 0 Å². The Morgan fingerprint density at radius 1 is 1.00 bits per heavy atom. The molecule has 0 saturated heterocycles. The number of nitrogens with zero attached hydrogens (tertiary/aromatic N) is 2. The van der Waals surface area contributed by atoms with Gasteiger partial charge in [0.25, 0.3) is 0 Å². The van der Waals surface area contributed by atoms with E-state index < -0.39 is 0 Å². The highest BCUT2D eigenvalue weighted by Crippen LogP contribution is 2.19. The molecular formula is C18H11N3O. The van der Waals surface area contributed by atoms with Crippen LogP contribution in [0.25, 0.3) is 22.4 Å². The monoisotopic (exact) mass is 285 g/mol. The maximum absolute atomic E-state index is 5.27. The second kappa shape index (κ2) is 5.23. The molecule has 0 atom stereocenters. The van der Waals surface area contributed by atoms with Gasteiger partial charge in [-0.25, -0.2) is 9.97 Å². The molecule has 0 spiro atoms. The lowest BCUT2D eigenvalue weighted by Gasteiger charge is -1.96. The van der Waals surface area contributed by atoms with Crippen molar-refractivity contribution >= 4 is 11.0 Å². The summed E-state index contributed by atoms with van der Waals surface area (Å²) in [5.41, 5.74) is 3.75. The van der Waals surface area contributed by atoms with E-state index in [2.05, 4.69) is 26.8 Å². The van der Waals surface area contributed by atoms with Crippen LogP contribution in [0.5, 0.6) is 0 Å². The Kier molecular flexibility index (Phi) is 2.95. The number of oxazole rings is 1. The number of nitrogens with one attached hydrogen (secondary N) is 1. The van der Waals surface area contributed by atoms with Crippen LogP contribution in [-0.4, -0.2) is 15.0 Å². The van der Waals surface area contributed by atoms with Gasteiger partial charge in [0.05, 0.1) is 6.20 Å². The highest BCUT2D eigenvalue weighted by atomic mass is 16.3. The topological polar surface area (TPSA) is 54.7 Å². The zero-order valence-electron chi connectivity index (χ0n) is 11.6. The quantitative estimate of drug-likeness (QED) is 0.543. The van der Waals surface area contributed by atoms with Crippen molar-refractivity contribution in [2.24, 2.45) is 0 Å². The van der Waals surface area contributed by atoms with Crippen LogP contribution in [0.15, 0.2) is 65.8 Å². The van der Waals surface area contributed by atoms with Gasteiger partial charge < -0.3 is 9.40 Å². The number of H-pyrrole nitrogens is 1. The Bertz CT molecular complexity index is 971. The first-order valence-corrected chi connectivity index (χ1v) is 6.83. The highest BCUT2D eigenvalue weighted by molar-refractivity contribution is 5.82. The van der Waals surface area contributed by atoms with E-state index in [1.165, 1.54) is 6.39 Å². The Labute approximate surface area is 126 Å². The third-order valence-electron chi connectivity index (χ3n) is 3.40. The first-order valence-electron chi connectivity index (χ1n) is 6.83. The standard InChI is InChI=1S/C18H11N3O/c1(4-14-7-9-20-18-16(14)8-10-21-18)13-2-5-15(6-3-13)17-11-19-12-22-17/h2-3,5-12H,(H,20,21). The lowest BCUT2D eigenvalue weighted by atomic mass is 10.1. The first kappa shape index (κ1) is 12.4. The molecule has 0 amide bonds. The van der Waals surface area contributed by atoms with Crippen LogP contribution in [0.2, 0.25) is 0 Å². The van der Waals surface area contributed by atoms with E-state index in [-0.39, 0.29) is 0 Å². The van der Waals surface area contributed by atoms with Crippen molar-refractivity contribution in [2.45, 2.75) is 0 Å². The minimum absolute atomic E-state index is 0.752. The molecule has 0 bridgehead atoms. The van der Waals surface area contributed by atoms with Gasteiger partial charge in [0.2, 0.25) is 0 Å². The van der Waals surface area contributed by atoms with Crippen molar-refractivity contribution < 1.29 is 4.42 Å². The van der Waals surface area contributed by atoms with Gasteiger partial charge in [0.1, 0.15) is 5.65 Å². The average Bonchev–Trinajstić information content (AvgIpc) is 3.24. The van der Waals surface area contributed by atoms with Gasteiger partial charge in [0, 0.05) is 34.5 Å². The fraction of sp³-hybridized carbons (Fsp3) is 0. The van der Waals surface area contributed by atoms with E-state index in [4.69, 9.17) is 4.42 Å². The lowest BCUT2D eigenvalue weighted by Crippen LogP contribution is -1.81. The van der Waals surface area contributed by atoms with Gasteiger partial charge in [-0.05, 0) is 36.4 Å². The van der Waals surface area contributed by atoms with Crippen molar-refractivity contribution in [3.63, 3.8) is 0 Å². The average molecular weight is 285 g/mol. The van der Waals surface area contributed by atoms with Crippen molar-refractivity contribution in [3.05, 3.63) is 72.5 Å². The number of aromatic nitrogens is 3. The third kappa shape index (κ3) is 2.25. The second-order valence-electron chi connectivity index (χ2n) is 4.79. The minimum atomic E-state index is 0.752. The predicted molar refractivity (Wildman–Crippen MR) is 84.0 cm³/mol. The molecule has 3 aromatic heterocycles. The van der Waals surface area contributed by atoms with Gasteiger partial charge in [-0.3, -0.25) is 0 Å². The smallest absolute Gasteiger partial charge is 0.181 e. The van der Waals surface area contributed by atoms with E-state index in [0.29, 0.717) is 0 Å². The van der Waals surface area contributed by atoms with Crippen molar-refractivity contribution in [2.75, 3.05) is 0 Å². The van der Waals surface area contributed by atoms with Crippen LogP contribution in [0.1, 0.15) is 11.1 Å². The summed E-state index contributed by atoms with van der Waals surface area (Å²) in [6, 6.07) is 11.8. The molecule has 104 valence electrons. The van der Waals surface area contributed by atoms with E-state index in [0.717, 1.165) is 33.5 Å². The molecule has 1 N–H and O–H groups in total. The van der Waals surface area contributed by atoms with Crippen molar-refractivity contribution in [1.82, 2.24) is 15.0 Å². The van der Waals surface area contributed by atoms with E-state index in [1.807, 2.05) is 42.6 Å². The minimum Gasteiger partial charge on any atom is -0.444 e. The zero-order chi connectivity index (χ0) is 14.8. The van der Waals surface area contributed by atoms with Crippen LogP contribution in [0.3, 0.4) is 0 Å². The van der Waals surface area contributed by atoms with Crippen LogP contribution in [0, 0.1) is 11.8 Å². The molecule has 22 heavy (non-hydrogen) atoms. The van der Waals surface area contributed by atoms with Gasteiger partial charge >= 0.3 is 0 Å². The normalized spacial score (nSPS) is 10.4. The molecule has 0 radical (unpaired) electrons. The molecule has 4 nitrogen and oxygen atoms in total. The summed E-state index contributed by atoms with van der Waals surface area (Å²) in [7, 11) is 0. The molecule has 0 saturated carbocycles. The third-order valence-corrected chi connectivity index (χ3v) is 3.40. The zero-order valence-corrected chi connectivity index (χ0v) is 11.6. The van der Waals surface area contributed by atoms with E-state index in [9.17, 15) is 0 Å². The SMILES string of the molecule is C(#Cc1ccnc2[nH]ccc12)c1ccc(-c2cnco2)cc1. The van der Waals surface area contributed by atoms with Gasteiger partial charge in [-0.2, -0.15) is 0 Å². The maximum Gasteiger partial charge on any atom is 0.181 e. The summed E-state index contributed by atoms with van der Waals surface area (Å²) in [4.78, 5) is 11.3. The lowest BCUT2D eigenvalue weighted by molar-refractivity contribution is 0.572. The Morgan fingerprint density at radius 3 is 2.73 bits per heavy atom. The van der Waals surface area contributed by atoms with Crippen LogP contribution < -0.4 is 0 Å². The molecule has 4 heteroatoms. The number of hydrogen-bond donors (Lipinski definition) is 1. The largest absolute Gasteiger partial charge is 0.444 e. The maximum atomic E-state index is 5.27. The van der Waals surface area contributed by atoms with E-state index in [1.54, 1.807) is 12.4 Å². The van der Waals surface area contributed by atoms with Gasteiger partial charge in [-0.15, -0.1) is 0 Å². The fourth-order valence-electron chi connectivity index (χ4n) is 2.29. The van der Waals surface area contributed by atoms with Crippen LogP contribution in [0.4, 0.5) is 0 Å². The summed E-state index contributed by atoms with van der Waals surface area (Å²) < 4.78 is 5.27. The molecular weight excluding hydrogens is 274 g/mol. The predicted octanol–water partition coefficient (Wildman–Crippen LogP) is 3.62. The number of rotatable bonds is 1. The molecule has 3 heterocycles. The Morgan fingerprint density at radius 2 is 1.91 bits per heavy atom. The summed E-state index contributed by atoms with van der Waals surface area (Å²) >= 11 is 0. The van der Waals surface area contributed by atoms with Gasteiger partial charge in [-0.1, -0.05) is 11.8 Å². The van der Waals surface area contributed by atoms with Crippen molar-refractivity contribution in [3.8, 4) is 23.2 Å². The number of benzene rings is 1. The van der Waals surface area contributed by atoms with Crippen LogP contribution in [-0.2, 0) is 0 Å². The van der Waals surface area contributed by atoms with Crippen LogP contribution >= 0.6 is 0 Å². The summed E-state index contributed by atoms with van der Waals surface area (Å²) in [5.74, 6) is 7.13. The molecule has 0 aliphatic carbocycles. The molecule has 4 rings (SSSR count). The molecule has 0 aliphatic heterocycles. The molecule has 0 aliphatic rings. The number of hydrogen-bond acceptors (Lipinski definition) is 3. The Balaban J connectivity index is 1.66. The molecule has 0 unspecified atom stereocenters. The highest BCUT2D eigenvalue weighted by Gasteiger charge is 2.01.